The first-order chi connectivity index (χ1) is 13.1. The number of anilines is 1. The third kappa shape index (κ3) is 3.78. The number of fused-ring (bicyclic) bond motifs is 1. The summed E-state index contributed by atoms with van der Waals surface area (Å²) >= 11 is 14.2. The maximum Gasteiger partial charge on any atom is 0.265 e. The lowest BCUT2D eigenvalue weighted by molar-refractivity contribution is 0.103. The van der Waals surface area contributed by atoms with Crippen molar-refractivity contribution >= 4 is 56.9 Å². The third-order valence-corrected chi connectivity index (χ3v) is 5.54. The van der Waals surface area contributed by atoms with Crippen LogP contribution in [0.5, 0.6) is 11.5 Å². The van der Waals surface area contributed by atoms with Crippen LogP contribution in [0, 0.1) is 0 Å². The van der Waals surface area contributed by atoms with Crippen molar-refractivity contribution in [2.75, 3.05) is 5.32 Å². The zero-order valence-corrected chi connectivity index (χ0v) is 16.2. The maximum atomic E-state index is 12.1. The summed E-state index contributed by atoms with van der Waals surface area (Å²) in [4.78, 5) is 12.8. The summed E-state index contributed by atoms with van der Waals surface area (Å²) in [6.07, 6.45) is 0. The number of nitrogens with one attached hydrogen (secondary N) is 1. The van der Waals surface area contributed by atoms with Crippen LogP contribution < -0.4 is 10.1 Å². The zero-order valence-electron chi connectivity index (χ0n) is 13.9. The molecule has 0 radical (unpaired) electrons. The van der Waals surface area contributed by atoms with Gasteiger partial charge in [0, 0.05) is 11.1 Å². The van der Waals surface area contributed by atoms with Crippen molar-refractivity contribution in [1.82, 2.24) is 0 Å². The molecular formula is C21H13Cl2NO2S. The smallest absolute Gasteiger partial charge is 0.265 e. The molecule has 0 atom stereocenters. The Kier molecular flexibility index (Phi) is 5.03. The first kappa shape index (κ1) is 17.9. The topological polar surface area (TPSA) is 38.3 Å². The van der Waals surface area contributed by atoms with E-state index in [0.717, 1.165) is 10.8 Å². The van der Waals surface area contributed by atoms with E-state index in [2.05, 4.69) is 5.32 Å². The van der Waals surface area contributed by atoms with Crippen molar-refractivity contribution in [2.24, 2.45) is 0 Å². The van der Waals surface area contributed by atoms with E-state index in [1.807, 2.05) is 47.8 Å². The number of amides is 1. The Labute approximate surface area is 170 Å². The summed E-state index contributed by atoms with van der Waals surface area (Å²) in [7, 11) is 0. The number of carbonyl (C=O) groups excluding carboxylic acids is 1. The third-order valence-electron chi connectivity index (χ3n) is 3.98. The molecule has 1 N–H and O–H groups in total. The predicted molar refractivity (Wildman–Crippen MR) is 113 cm³/mol. The minimum atomic E-state index is -0.174. The number of rotatable bonds is 4. The minimum Gasteiger partial charge on any atom is -0.454 e. The van der Waals surface area contributed by atoms with Crippen molar-refractivity contribution < 1.29 is 9.53 Å². The lowest BCUT2D eigenvalue weighted by Crippen LogP contribution is -2.09. The van der Waals surface area contributed by atoms with Crippen LogP contribution in [0.25, 0.3) is 10.8 Å². The maximum absolute atomic E-state index is 12.1. The monoisotopic (exact) mass is 413 g/mol. The highest BCUT2D eigenvalue weighted by molar-refractivity contribution is 7.12. The van der Waals surface area contributed by atoms with Crippen LogP contribution >= 0.6 is 34.5 Å². The van der Waals surface area contributed by atoms with Gasteiger partial charge < -0.3 is 10.1 Å². The van der Waals surface area contributed by atoms with E-state index >= 15 is 0 Å². The molecule has 0 aliphatic carbocycles. The molecule has 1 heterocycles. The molecule has 27 heavy (non-hydrogen) atoms. The molecule has 0 saturated heterocycles. The molecule has 134 valence electrons. The van der Waals surface area contributed by atoms with E-state index in [1.165, 1.54) is 11.3 Å². The van der Waals surface area contributed by atoms with Gasteiger partial charge in [-0.3, -0.25) is 4.79 Å². The van der Waals surface area contributed by atoms with Crippen LogP contribution in [0.3, 0.4) is 0 Å². The Hall–Kier alpha value is -2.53. The number of ether oxygens (including phenoxy) is 1. The van der Waals surface area contributed by atoms with Gasteiger partial charge in [-0.25, -0.2) is 0 Å². The van der Waals surface area contributed by atoms with Gasteiger partial charge in [-0.2, -0.15) is 0 Å². The first-order valence-electron chi connectivity index (χ1n) is 8.11. The Bertz CT molecular complexity index is 1130. The molecule has 0 unspecified atom stereocenters. The van der Waals surface area contributed by atoms with Crippen molar-refractivity contribution in [2.45, 2.75) is 0 Å². The van der Waals surface area contributed by atoms with Crippen LogP contribution in [0.1, 0.15) is 9.67 Å². The molecule has 0 bridgehead atoms. The Morgan fingerprint density at radius 3 is 2.52 bits per heavy atom. The molecule has 0 fully saturated rings. The molecule has 0 aliphatic rings. The highest BCUT2D eigenvalue weighted by atomic mass is 35.5. The zero-order chi connectivity index (χ0) is 18.8. The van der Waals surface area contributed by atoms with Gasteiger partial charge in [0.15, 0.2) is 0 Å². The SMILES string of the molecule is O=C(Nc1ccc(Oc2ccc3ccccc3c2Cl)c(Cl)c1)c1cccs1. The highest BCUT2D eigenvalue weighted by Gasteiger charge is 2.12. The normalized spacial score (nSPS) is 10.7. The van der Waals surface area contributed by atoms with Crippen molar-refractivity contribution in [3.63, 3.8) is 0 Å². The van der Waals surface area contributed by atoms with Gasteiger partial charge in [0.25, 0.3) is 5.91 Å². The fourth-order valence-corrected chi connectivity index (χ4v) is 3.78. The number of carbonyl (C=O) groups is 1. The van der Waals surface area contributed by atoms with Crippen LogP contribution in [0.15, 0.2) is 72.1 Å². The molecule has 4 rings (SSSR count). The van der Waals surface area contributed by atoms with Gasteiger partial charge in [0.05, 0.1) is 14.9 Å². The molecule has 3 nitrogen and oxygen atoms in total. The standard InChI is InChI=1S/C21H13Cl2NO2S/c22-16-12-14(24-21(25)19-6-3-11-27-19)8-10-17(16)26-18-9-7-13-4-1-2-5-15(13)20(18)23/h1-12H,(H,24,25). The van der Waals surface area contributed by atoms with Gasteiger partial charge >= 0.3 is 0 Å². The number of hydrogen-bond donors (Lipinski definition) is 1. The summed E-state index contributed by atoms with van der Waals surface area (Å²) in [6.45, 7) is 0. The van der Waals surface area contributed by atoms with Crippen LogP contribution in [0.2, 0.25) is 10.0 Å². The first-order valence-corrected chi connectivity index (χ1v) is 9.75. The van der Waals surface area contributed by atoms with E-state index in [-0.39, 0.29) is 5.91 Å². The van der Waals surface area contributed by atoms with E-state index in [4.69, 9.17) is 27.9 Å². The van der Waals surface area contributed by atoms with Crippen molar-refractivity contribution in [3.8, 4) is 11.5 Å². The van der Waals surface area contributed by atoms with E-state index in [9.17, 15) is 4.79 Å². The fraction of sp³-hybridized carbons (Fsp3) is 0. The van der Waals surface area contributed by atoms with Crippen LogP contribution in [0.4, 0.5) is 5.69 Å². The second-order valence-corrected chi connectivity index (χ2v) is 7.51. The number of halogens is 2. The number of benzene rings is 3. The lowest BCUT2D eigenvalue weighted by Gasteiger charge is -2.12. The molecule has 3 aromatic carbocycles. The van der Waals surface area contributed by atoms with Gasteiger partial charge in [-0.15, -0.1) is 11.3 Å². The molecule has 0 aliphatic heterocycles. The summed E-state index contributed by atoms with van der Waals surface area (Å²) in [5, 5.41) is 7.52. The predicted octanol–water partition coefficient (Wildman–Crippen LogP) is 7.25. The molecule has 6 heteroatoms. The van der Waals surface area contributed by atoms with E-state index in [1.54, 1.807) is 24.3 Å². The van der Waals surface area contributed by atoms with Crippen molar-refractivity contribution in [1.29, 1.82) is 0 Å². The summed E-state index contributed by atoms with van der Waals surface area (Å²) in [6, 6.07) is 20.3. The number of hydrogen-bond acceptors (Lipinski definition) is 3. The molecule has 1 aromatic heterocycles. The Balaban J connectivity index is 1.57. The minimum absolute atomic E-state index is 0.174. The Morgan fingerprint density at radius 1 is 0.926 bits per heavy atom. The second kappa shape index (κ2) is 7.61. The molecule has 4 aromatic rings. The molecule has 1 amide bonds. The molecular weight excluding hydrogens is 401 g/mol. The average Bonchev–Trinajstić information content (AvgIpc) is 3.21. The lowest BCUT2D eigenvalue weighted by atomic mass is 10.1. The van der Waals surface area contributed by atoms with Crippen LogP contribution in [-0.4, -0.2) is 5.91 Å². The highest BCUT2D eigenvalue weighted by Crippen LogP contribution is 2.38. The fourth-order valence-electron chi connectivity index (χ4n) is 2.67. The Morgan fingerprint density at radius 2 is 1.74 bits per heavy atom. The summed E-state index contributed by atoms with van der Waals surface area (Å²) < 4.78 is 5.91. The summed E-state index contributed by atoms with van der Waals surface area (Å²) in [5.41, 5.74) is 0.593. The second-order valence-electron chi connectivity index (χ2n) is 5.78. The van der Waals surface area contributed by atoms with Gasteiger partial charge in [-0.05, 0) is 41.1 Å². The van der Waals surface area contributed by atoms with E-state index in [0.29, 0.717) is 32.1 Å². The molecule has 0 spiro atoms. The van der Waals surface area contributed by atoms with Gasteiger partial charge in [-0.1, -0.05) is 59.6 Å². The average molecular weight is 414 g/mol. The van der Waals surface area contributed by atoms with E-state index < -0.39 is 0 Å². The van der Waals surface area contributed by atoms with Crippen molar-refractivity contribution in [3.05, 3.63) is 87.0 Å². The van der Waals surface area contributed by atoms with Crippen LogP contribution in [-0.2, 0) is 0 Å². The van der Waals surface area contributed by atoms with Gasteiger partial charge in [0.2, 0.25) is 0 Å². The number of thiophene rings is 1. The molecule has 0 saturated carbocycles. The quantitative estimate of drug-likeness (QED) is 0.382. The van der Waals surface area contributed by atoms with Gasteiger partial charge in [0.1, 0.15) is 11.5 Å². The largest absolute Gasteiger partial charge is 0.454 e. The summed E-state index contributed by atoms with van der Waals surface area (Å²) in [5.74, 6) is 0.808.